The number of aromatic nitrogens is 3. The van der Waals surface area contributed by atoms with E-state index < -0.39 is 0 Å². The molecular weight excluding hydrogens is 324 g/mol. The summed E-state index contributed by atoms with van der Waals surface area (Å²) in [5, 5.41) is 7.74. The average Bonchev–Trinajstić information content (AvgIpc) is 3.01. The van der Waals surface area contributed by atoms with Crippen LogP contribution in [0.1, 0.15) is 11.1 Å². The molecule has 0 saturated carbocycles. The molecule has 5 nitrogen and oxygen atoms in total. The second kappa shape index (κ2) is 7.27. The normalized spacial score (nSPS) is 10.6. The molecule has 1 amide bonds. The lowest BCUT2D eigenvalue weighted by Crippen LogP contribution is -2.24. The van der Waals surface area contributed by atoms with Gasteiger partial charge in [0.2, 0.25) is 5.91 Å². The van der Waals surface area contributed by atoms with Crippen molar-refractivity contribution in [2.24, 2.45) is 7.05 Å². The molecule has 0 radical (unpaired) electrons. The number of rotatable bonds is 5. The van der Waals surface area contributed by atoms with Crippen molar-refractivity contribution >= 4 is 17.5 Å². The van der Waals surface area contributed by atoms with E-state index in [0.29, 0.717) is 18.0 Å². The quantitative estimate of drug-likeness (QED) is 0.776. The topological polar surface area (TPSA) is 59.8 Å². The Labute approximate surface area is 145 Å². The van der Waals surface area contributed by atoms with E-state index in [4.69, 9.17) is 11.6 Å². The van der Waals surface area contributed by atoms with E-state index in [1.165, 1.54) is 0 Å². The summed E-state index contributed by atoms with van der Waals surface area (Å²) in [6, 6.07) is 11.2. The van der Waals surface area contributed by atoms with Crippen LogP contribution in [0.3, 0.4) is 0 Å². The van der Waals surface area contributed by atoms with Crippen molar-refractivity contribution in [2.45, 2.75) is 13.0 Å². The molecule has 0 atom stereocenters. The molecule has 0 aliphatic heterocycles. The third-order valence-corrected chi connectivity index (χ3v) is 3.93. The minimum atomic E-state index is -0.0386. The fourth-order valence-electron chi connectivity index (χ4n) is 2.43. The van der Waals surface area contributed by atoms with E-state index in [1.54, 1.807) is 35.4 Å². The fraction of sp³-hybridized carbons (Fsp3) is 0.167. The highest BCUT2D eigenvalue weighted by atomic mass is 35.5. The Morgan fingerprint density at radius 1 is 1.17 bits per heavy atom. The van der Waals surface area contributed by atoms with Gasteiger partial charge in [-0.25, -0.2) is 0 Å². The first kappa shape index (κ1) is 16.2. The molecule has 1 aromatic carbocycles. The van der Waals surface area contributed by atoms with Gasteiger partial charge in [-0.3, -0.25) is 14.5 Å². The number of hydrogen-bond acceptors (Lipinski definition) is 3. The van der Waals surface area contributed by atoms with Crippen LogP contribution in [0.25, 0.3) is 11.3 Å². The second-order valence-electron chi connectivity index (χ2n) is 5.50. The van der Waals surface area contributed by atoms with Crippen molar-refractivity contribution in [1.82, 2.24) is 20.1 Å². The summed E-state index contributed by atoms with van der Waals surface area (Å²) in [5.74, 6) is -0.0386. The standard InChI is InChI=1S/C18H17ClN4O/c1-23-17(6-7-22-23)15-8-14(10-20-12-15)11-21-18(24)9-13-2-4-16(19)5-3-13/h2-8,10,12H,9,11H2,1H3,(H,21,24). The predicted molar refractivity (Wildman–Crippen MR) is 93.4 cm³/mol. The second-order valence-corrected chi connectivity index (χ2v) is 5.94. The number of halogens is 1. The lowest BCUT2D eigenvalue weighted by atomic mass is 10.1. The molecule has 0 bridgehead atoms. The maximum absolute atomic E-state index is 12.1. The molecule has 6 heteroatoms. The van der Waals surface area contributed by atoms with Crippen LogP contribution in [0.15, 0.2) is 55.0 Å². The van der Waals surface area contributed by atoms with Crippen molar-refractivity contribution in [1.29, 1.82) is 0 Å². The molecule has 3 aromatic rings. The minimum Gasteiger partial charge on any atom is -0.352 e. The van der Waals surface area contributed by atoms with Crippen LogP contribution in [0.2, 0.25) is 5.02 Å². The van der Waals surface area contributed by atoms with Crippen LogP contribution in [-0.4, -0.2) is 20.7 Å². The number of benzene rings is 1. The first-order valence-corrected chi connectivity index (χ1v) is 7.93. The zero-order chi connectivity index (χ0) is 16.9. The van der Waals surface area contributed by atoms with Crippen LogP contribution < -0.4 is 5.32 Å². The van der Waals surface area contributed by atoms with Gasteiger partial charge in [-0.1, -0.05) is 23.7 Å². The molecule has 122 valence electrons. The molecule has 2 heterocycles. The molecule has 24 heavy (non-hydrogen) atoms. The molecule has 2 aromatic heterocycles. The smallest absolute Gasteiger partial charge is 0.224 e. The highest BCUT2D eigenvalue weighted by Crippen LogP contribution is 2.18. The van der Waals surface area contributed by atoms with Crippen LogP contribution in [-0.2, 0) is 24.8 Å². The van der Waals surface area contributed by atoms with E-state index >= 15 is 0 Å². The van der Waals surface area contributed by atoms with Crippen LogP contribution in [0.4, 0.5) is 0 Å². The van der Waals surface area contributed by atoms with E-state index in [1.807, 2.05) is 31.3 Å². The minimum absolute atomic E-state index is 0.0386. The summed E-state index contributed by atoms with van der Waals surface area (Å²) in [6.45, 7) is 0.436. The summed E-state index contributed by atoms with van der Waals surface area (Å²) < 4.78 is 1.79. The first-order valence-electron chi connectivity index (χ1n) is 7.55. The van der Waals surface area contributed by atoms with Gasteiger partial charge in [0.1, 0.15) is 0 Å². The lowest BCUT2D eigenvalue weighted by Gasteiger charge is -2.07. The third kappa shape index (κ3) is 4.00. The number of nitrogens with one attached hydrogen (secondary N) is 1. The molecule has 3 rings (SSSR count). The molecule has 0 aliphatic carbocycles. The van der Waals surface area contributed by atoms with E-state index in [-0.39, 0.29) is 5.91 Å². The number of carbonyl (C=O) groups is 1. The number of carbonyl (C=O) groups excluding carboxylic acids is 1. The van der Waals surface area contributed by atoms with Gasteiger partial charge in [0, 0.05) is 42.8 Å². The van der Waals surface area contributed by atoms with Crippen molar-refractivity contribution in [3.05, 3.63) is 71.1 Å². The van der Waals surface area contributed by atoms with E-state index in [9.17, 15) is 4.79 Å². The van der Waals surface area contributed by atoms with Crippen LogP contribution >= 0.6 is 11.6 Å². The summed E-state index contributed by atoms with van der Waals surface area (Å²) in [6.07, 6.45) is 5.61. The Morgan fingerprint density at radius 3 is 2.67 bits per heavy atom. The first-order chi connectivity index (χ1) is 11.6. The Hall–Kier alpha value is -2.66. The van der Waals surface area contributed by atoms with Crippen molar-refractivity contribution < 1.29 is 4.79 Å². The summed E-state index contributed by atoms with van der Waals surface area (Å²) in [5.41, 5.74) is 3.83. The van der Waals surface area contributed by atoms with Crippen molar-refractivity contribution in [3.8, 4) is 11.3 Å². The maximum atomic E-state index is 12.1. The van der Waals surface area contributed by atoms with Crippen LogP contribution in [0.5, 0.6) is 0 Å². The average molecular weight is 341 g/mol. The van der Waals surface area contributed by atoms with Crippen LogP contribution in [0, 0.1) is 0 Å². The molecule has 0 fully saturated rings. The van der Waals surface area contributed by atoms with Crippen molar-refractivity contribution in [3.63, 3.8) is 0 Å². The van der Waals surface area contributed by atoms with Gasteiger partial charge in [0.25, 0.3) is 0 Å². The number of nitrogens with zero attached hydrogens (tertiary/aromatic N) is 3. The molecular formula is C18H17ClN4O. The van der Waals surface area contributed by atoms with Crippen molar-refractivity contribution in [2.75, 3.05) is 0 Å². The largest absolute Gasteiger partial charge is 0.352 e. The zero-order valence-corrected chi connectivity index (χ0v) is 14.0. The zero-order valence-electron chi connectivity index (χ0n) is 13.2. The highest BCUT2D eigenvalue weighted by molar-refractivity contribution is 6.30. The summed E-state index contributed by atoms with van der Waals surface area (Å²) >= 11 is 5.84. The van der Waals surface area contributed by atoms with E-state index in [0.717, 1.165) is 22.4 Å². The number of amides is 1. The Bertz CT molecular complexity index is 842. The van der Waals surface area contributed by atoms with Gasteiger partial charge >= 0.3 is 0 Å². The third-order valence-electron chi connectivity index (χ3n) is 3.68. The van der Waals surface area contributed by atoms with Gasteiger partial charge in [0.15, 0.2) is 0 Å². The number of pyridine rings is 1. The Kier molecular flexibility index (Phi) is 4.91. The fourth-order valence-corrected chi connectivity index (χ4v) is 2.56. The van der Waals surface area contributed by atoms with E-state index in [2.05, 4.69) is 15.4 Å². The Morgan fingerprint density at radius 2 is 1.96 bits per heavy atom. The SMILES string of the molecule is Cn1nccc1-c1cncc(CNC(=O)Cc2ccc(Cl)cc2)c1. The van der Waals surface area contributed by atoms with Gasteiger partial charge < -0.3 is 5.32 Å². The predicted octanol–water partition coefficient (Wildman–Crippen LogP) is 2.99. The number of hydrogen-bond donors (Lipinski definition) is 1. The molecule has 0 spiro atoms. The molecule has 0 aliphatic rings. The van der Waals surface area contributed by atoms with Gasteiger partial charge in [-0.15, -0.1) is 0 Å². The number of aryl methyl sites for hydroxylation is 1. The molecule has 0 unspecified atom stereocenters. The van der Waals surface area contributed by atoms with Gasteiger partial charge in [-0.05, 0) is 35.4 Å². The Balaban J connectivity index is 1.61. The summed E-state index contributed by atoms with van der Waals surface area (Å²) in [7, 11) is 1.88. The van der Waals surface area contributed by atoms with Gasteiger partial charge in [-0.2, -0.15) is 5.10 Å². The van der Waals surface area contributed by atoms with Gasteiger partial charge in [0.05, 0.1) is 12.1 Å². The summed E-state index contributed by atoms with van der Waals surface area (Å²) in [4.78, 5) is 16.3. The monoisotopic (exact) mass is 340 g/mol. The lowest BCUT2D eigenvalue weighted by molar-refractivity contribution is -0.120. The maximum Gasteiger partial charge on any atom is 0.224 e. The molecule has 0 saturated heterocycles. The molecule has 1 N–H and O–H groups in total. The highest BCUT2D eigenvalue weighted by Gasteiger charge is 2.06.